The smallest absolute Gasteiger partial charge is 0.0430 e. The number of nitrogens with two attached hydrogens (primary N) is 1. The topological polar surface area (TPSA) is 26.0 Å². The fourth-order valence-corrected chi connectivity index (χ4v) is 1.61. The Morgan fingerprint density at radius 3 is 1.82 bits per heavy atom. The highest BCUT2D eigenvalue weighted by atomic mass is 14.6. The number of allylic oxidation sites excluding steroid dienone is 1. The van der Waals surface area contributed by atoms with E-state index in [1.165, 1.54) is 11.1 Å². The fourth-order valence-electron chi connectivity index (χ4n) is 1.61. The van der Waals surface area contributed by atoms with E-state index in [1.54, 1.807) is 0 Å². The van der Waals surface area contributed by atoms with Crippen LogP contribution in [0.15, 0.2) is 48.7 Å². The SMILES string of the molecule is C=C(N)C1(C)C=Cc2ccccc2C=C1.CC. The summed E-state index contributed by atoms with van der Waals surface area (Å²) in [5.74, 6) is 0. The second kappa shape index (κ2) is 5.53. The molecule has 0 amide bonds. The zero-order valence-corrected chi connectivity index (χ0v) is 10.9. The molecule has 2 N–H and O–H groups in total. The molecule has 90 valence electrons. The lowest BCUT2D eigenvalue weighted by molar-refractivity contribution is 0.663. The lowest BCUT2D eigenvalue weighted by atomic mass is 9.87. The molecule has 0 radical (unpaired) electrons. The Bertz CT molecular complexity index is 419. The molecule has 0 saturated heterocycles. The van der Waals surface area contributed by atoms with Crippen LogP contribution in [0.4, 0.5) is 0 Å². The largest absolute Gasteiger partial charge is 0.402 e. The highest BCUT2D eigenvalue weighted by Gasteiger charge is 2.20. The molecular weight excluding hydrogens is 206 g/mol. The Hall–Kier alpha value is -1.76. The summed E-state index contributed by atoms with van der Waals surface area (Å²) in [6, 6.07) is 8.27. The van der Waals surface area contributed by atoms with Gasteiger partial charge in [-0.3, -0.25) is 0 Å². The van der Waals surface area contributed by atoms with Gasteiger partial charge in [-0.15, -0.1) is 0 Å². The standard InChI is InChI=1S/C14H15N.C2H6/c1-11(15)14(2)9-7-12-5-3-4-6-13(12)8-10-14;1-2/h3-10H,1,15H2,2H3;1-2H3. The van der Waals surface area contributed by atoms with Gasteiger partial charge in [-0.05, 0) is 18.1 Å². The van der Waals surface area contributed by atoms with E-state index in [4.69, 9.17) is 5.73 Å². The Morgan fingerprint density at radius 2 is 1.47 bits per heavy atom. The first-order valence-corrected chi connectivity index (χ1v) is 6.04. The van der Waals surface area contributed by atoms with Gasteiger partial charge in [-0.25, -0.2) is 0 Å². The van der Waals surface area contributed by atoms with E-state index in [9.17, 15) is 0 Å². The third-order valence-corrected chi connectivity index (χ3v) is 2.91. The van der Waals surface area contributed by atoms with Gasteiger partial charge in [-0.1, -0.05) is 69.0 Å². The van der Waals surface area contributed by atoms with Crippen molar-refractivity contribution in [2.75, 3.05) is 0 Å². The number of fused-ring (bicyclic) bond motifs is 1. The summed E-state index contributed by atoms with van der Waals surface area (Å²) < 4.78 is 0. The molecule has 2 rings (SSSR count). The molecule has 1 aromatic carbocycles. The maximum absolute atomic E-state index is 5.81. The second-order valence-electron chi connectivity index (χ2n) is 4.10. The molecule has 0 fully saturated rings. The number of hydrogen-bond acceptors (Lipinski definition) is 1. The highest BCUT2D eigenvalue weighted by molar-refractivity contribution is 5.69. The average Bonchev–Trinajstić information content (AvgIpc) is 2.53. The molecule has 0 saturated carbocycles. The van der Waals surface area contributed by atoms with Crippen molar-refractivity contribution in [2.24, 2.45) is 11.1 Å². The predicted octanol–water partition coefficient (Wildman–Crippen LogP) is 4.23. The maximum atomic E-state index is 5.81. The summed E-state index contributed by atoms with van der Waals surface area (Å²) in [6.45, 7) is 9.89. The van der Waals surface area contributed by atoms with Gasteiger partial charge in [0.25, 0.3) is 0 Å². The molecule has 1 nitrogen and oxygen atoms in total. The molecule has 1 heteroatoms. The third kappa shape index (κ3) is 2.88. The normalized spacial score (nSPS) is 15.2. The van der Waals surface area contributed by atoms with E-state index in [0.717, 1.165) is 0 Å². The second-order valence-corrected chi connectivity index (χ2v) is 4.10. The lowest BCUT2D eigenvalue weighted by Gasteiger charge is -2.20. The average molecular weight is 227 g/mol. The van der Waals surface area contributed by atoms with Gasteiger partial charge >= 0.3 is 0 Å². The van der Waals surface area contributed by atoms with Crippen LogP contribution < -0.4 is 5.73 Å². The van der Waals surface area contributed by atoms with E-state index in [1.807, 2.05) is 26.0 Å². The molecule has 0 heterocycles. The number of hydrogen-bond donors (Lipinski definition) is 1. The van der Waals surface area contributed by atoms with E-state index in [0.29, 0.717) is 5.70 Å². The van der Waals surface area contributed by atoms with E-state index >= 15 is 0 Å². The number of rotatable bonds is 1. The number of benzene rings is 1. The summed E-state index contributed by atoms with van der Waals surface area (Å²) in [5.41, 5.74) is 8.68. The minimum atomic E-state index is -0.237. The molecule has 17 heavy (non-hydrogen) atoms. The highest BCUT2D eigenvalue weighted by Crippen LogP contribution is 2.31. The first kappa shape index (κ1) is 13.3. The first-order chi connectivity index (χ1) is 8.12. The molecular formula is C16H21N. The minimum absolute atomic E-state index is 0.237. The molecule has 0 bridgehead atoms. The summed E-state index contributed by atoms with van der Waals surface area (Å²) in [4.78, 5) is 0. The summed E-state index contributed by atoms with van der Waals surface area (Å²) >= 11 is 0. The van der Waals surface area contributed by atoms with Crippen molar-refractivity contribution in [3.8, 4) is 0 Å². The van der Waals surface area contributed by atoms with Gasteiger partial charge in [0.2, 0.25) is 0 Å². The molecule has 0 unspecified atom stereocenters. The zero-order valence-electron chi connectivity index (χ0n) is 10.9. The minimum Gasteiger partial charge on any atom is -0.402 e. The summed E-state index contributed by atoms with van der Waals surface area (Å²) in [7, 11) is 0. The van der Waals surface area contributed by atoms with E-state index < -0.39 is 0 Å². The Morgan fingerprint density at radius 1 is 1.06 bits per heavy atom. The molecule has 0 aliphatic heterocycles. The van der Waals surface area contributed by atoms with Crippen molar-refractivity contribution >= 4 is 12.2 Å². The Kier molecular flexibility index (Phi) is 4.33. The van der Waals surface area contributed by atoms with Crippen molar-refractivity contribution in [1.82, 2.24) is 0 Å². The van der Waals surface area contributed by atoms with Crippen LogP contribution in [-0.4, -0.2) is 0 Å². The van der Waals surface area contributed by atoms with Gasteiger partial charge in [0.15, 0.2) is 0 Å². The van der Waals surface area contributed by atoms with Crippen molar-refractivity contribution in [3.05, 3.63) is 59.8 Å². The van der Waals surface area contributed by atoms with Gasteiger partial charge in [-0.2, -0.15) is 0 Å². The molecule has 1 aliphatic rings. The summed E-state index contributed by atoms with van der Waals surface area (Å²) in [5, 5.41) is 0. The van der Waals surface area contributed by atoms with Crippen LogP contribution in [0.2, 0.25) is 0 Å². The van der Waals surface area contributed by atoms with Gasteiger partial charge < -0.3 is 5.73 Å². The van der Waals surface area contributed by atoms with E-state index in [-0.39, 0.29) is 5.41 Å². The first-order valence-electron chi connectivity index (χ1n) is 6.04. The van der Waals surface area contributed by atoms with Crippen LogP contribution in [0.1, 0.15) is 31.9 Å². The monoisotopic (exact) mass is 227 g/mol. The van der Waals surface area contributed by atoms with Crippen molar-refractivity contribution in [2.45, 2.75) is 20.8 Å². The quantitative estimate of drug-likeness (QED) is 0.763. The molecule has 0 spiro atoms. The van der Waals surface area contributed by atoms with Crippen LogP contribution in [0.5, 0.6) is 0 Å². The third-order valence-electron chi connectivity index (χ3n) is 2.91. The van der Waals surface area contributed by atoms with Crippen molar-refractivity contribution < 1.29 is 0 Å². The van der Waals surface area contributed by atoms with Crippen molar-refractivity contribution in [3.63, 3.8) is 0 Å². The predicted molar refractivity (Wildman–Crippen MR) is 77.3 cm³/mol. The van der Waals surface area contributed by atoms with Crippen LogP contribution in [-0.2, 0) is 0 Å². The molecule has 0 aromatic heterocycles. The van der Waals surface area contributed by atoms with Crippen LogP contribution >= 0.6 is 0 Å². The molecule has 1 aliphatic carbocycles. The fraction of sp³-hybridized carbons (Fsp3) is 0.250. The lowest BCUT2D eigenvalue weighted by Crippen LogP contribution is -2.18. The van der Waals surface area contributed by atoms with Crippen LogP contribution in [0.3, 0.4) is 0 Å². The van der Waals surface area contributed by atoms with Gasteiger partial charge in [0, 0.05) is 11.1 Å². The maximum Gasteiger partial charge on any atom is 0.0430 e. The van der Waals surface area contributed by atoms with Crippen LogP contribution in [0.25, 0.3) is 12.2 Å². The Labute approximate surface area is 104 Å². The van der Waals surface area contributed by atoms with E-state index in [2.05, 4.69) is 49.9 Å². The van der Waals surface area contributed by atoms with Crippen molar-refractivity contribution in [1.29, 1.82) is 0 Å². The molecule has 1 aromatic rings. The van der Waals surface area contributed by atoms with Gasteiger partial charge in [0.05, 0.1) is 0 Å². The zero-order chi connectivity index (χ0) is 12.9. The van der Waals surface area contributed by atoms with Crippen LogP contribution in [0, 0.1) is 5.41 Å². The summed E-state index contributed by atoms with van der Waals surface area (Å²) in [6.07, 6.45) is 8.40. The van der Waals surface area contributed by atoms with Gasteiger partial charge in [0.1, 0.15) is 0 Å². The molecule has 0 atom stereocenters. The Balaban J connectivity index is 0.000000686.